The number of rotatable bonds is 1. The van der Waals surface area contributed by atoms with Gasteiger partial charge in [0.2, 0.25) is 5.91 Å². The number of pyridine rings is 1. The van der Waals surface area contributed by atoms with Crippen molar-refractivity contribution in [1.29, 1.82) is 0 Å². The molecule has 2 heterocycles. The first-order valence-corrected chi connectivity index (χ1v) is 6.84. The molecular weight excluding hydrogens is 392 g/mol. The maximum Gasteiger partial charge on any atom is 0.229 e. The molecule has 2 rings (SSSR count). The van der Waals surface area contributed by atoms with Crippen LogP contribution >= 0.6 is 47.8 Å². The van der Waals surface area contributed by atoms with Gasteiger partial charge in [0.05, 0.1) is 4.47 Å². The number of carbonyl (C=O) groups excluding carboxylic acids is 1. The van der Waals surface area contributed by atoms with E-state index in [1.165, 1.54) is 0 Å². The molecule has 1 aliphatic rings. The SMILES string of the molecule is O=C1CC(Br)CN1c1ccc(Br)c(Br)n1. The largest absolute Gasteiger partial charge is 0.296 e. The van der Waals surface area contributed by atoms with Crippen molar-refractivity contribution in [2.45, 2.75) is 11.2 Å². The molecule has 3 nitrogen and oxygen atoms in total. The first kappa shape index (κ1) is 11.5. The monoisotopic (exact) mass is 396 g/mol. The number of amides is 1. The van der Waals surface area contributed by atoms with Gasteiger partial charge in [0.1, 0.15) is 10.4 Å². The third-order valence-electron chi connectivity index (χ3n) is 2.14. The standard InChI is InChI=1S/C9H7Br3N2O/c10-5-3-8(15)14(4-5)7-2-1-6(11)9(12)13-7/h1-2,5H,3-4H2. The van der Waals surface area contributed by atoms with Crippen molar-refractivity contribution in [3.05, 3.63) is 21.2 Å². The zero-order valence-electron chi connectivity index (χ0n) is 7.58. The Morgan fingerprint density at radius 1 is 1.40 bits per heavy atom. The van der Waals surface area contributed by atoms with E-state index >= 15 is 0 Å². The van der Waals surface area contributed by atoms with Crippen LogP contribution in [0.15, 0.2) is 21.2 Å². The molecule has 15 heavy (non-hydrogen) atoms. The maximum absolute atomic E-state index is 11.6. The molecule has 1 saturated heterocycles. The highest BCUT2D eigenvalue weighted by molar-refractivity contribution is 9.13. The fourth-order valence-electron chi connectivity index (χ4n) is 1.44. The van der Waals surface area contributed by atoms with Crippen LogP contribution in [0, 0.1) is 0 Å². The maximum atomic E-state index is 11.6. The third-order valence-corrected chi connectivity index (χ3v) is 4.53. The molecule has 1 fully saturated rings. The van der Waals surface area contributed by atoms with Crippen molar-refractivity contribution < 1.29 is 4.79 Å². The molecule has 80 valence electrons. The zero-order valence-corrected chi connectivity index (χ0v) is 12.3. The number of aromatic nitrogens is 1. The van der Waals surface area contributed by atoms with Gasteiger partial charge >= 0.3 is 0 Å². The molecule has 1 aromatic heterocycles. The lowest BCUT2D eigenvalue weighted by Crippen LogP contribution is -2.25. The van der Waals surface area contributed by atoms with Crippen LogP contribution in [-0.4, -0.2) is 22.3 Å². The molecule has 1 amide bonds. The van der Waals surface area contributed by atoms with Crippen LogP contribution in [0.5, 0.6) is 0 Å². The van der Waals surface area contributed by atoms with Crippen LogP contribution in [-0.2, 0) is 4.79 Å². The van der Waals surface area contributed by atoms with Crippen molar-refractivity contribution in [3.8, 4) is 0 Å². The highest BCUT2D eigenvalue weighted by Gasteiger charge is 2.29. The Kier molecular flexibility index (Phi) is 3.47. The van der Waals surface area contributed by atoms with Gasteiger partial charge in [0.25, 0.3) is 0 Å². The molecule has 6 heteroatoms. The van der Waals surface area contributed by atoms with Crippen molar-refractivity contribution in [3.63, 3.8) is 0 Å². The quantitative estimate of drug-likeness (QED) is 0.538. The van der Waals surface area contributed by atoms with Gasteiger partial charge in [0.15, 0.2) is 0 Å². The Bertz CT molecular complexity index is 410. The van der Waals surface area contributed by atoms with Crippen LogP contribution in [0.25, 0.3) is 0 Å². The summed E-state index contributed by atoms with van der Waals surface area (Å²) < 4.78 is 1.60. The summed E-state index contributed by atoms with van der Waals surface area (Å²) in [6.07, 6.45) is 0.537. The van der Waals surface area contributed by atoms with E-state index in [1.807, 2.05) is 12.1 Å². The van der Waals surface area contributed by atoms with E-state index in [2.05, 4.69) is 52.8 Å². The first-order chi connectivity index (χ1) is 7.08. The molecule has 0 radical (unpaired) electrons. The van der Waals surface area contributed by atoms with Gasteiger partial charge in [-0.3, -0.25) is 9.69 Å². The van der Waals surface area contributed by atoms with E-state index in [0.717, 1.165) is 4.47 Å². The van der Waals surface area contributed by atoms with Gasteiger partial charge in [-0.05, 0) is 44.0 Å². The Morgan fingerprint density at radius 3 is 2.67 bits per heavy atom. The predicted molar refractivity (Wildman–Crippen MR) is 69.3 cm³/mol. The summed E-state index contributed by atoms with van der Waals surface area (Å²) in [5.74, 6) is 0.802. The minimum absolute atomic E-state index is 0.110. The number of halogens is 3. The van der Waals surface area contributed by atoms with E-state index in [9.17, 15) is 4.79 Å². The Morgan fingerprint density at radius 2 is 2.13 bits per heavy atom. The van der Waals surface area contributed by atoms with Gasteiger partial charge < -0.3 is 0 Å². The lowest BCUT2D eigenvalue weighted by atomic mass is 10.4. The van der Waals surface area contributed by atoms with E-state index in [4.69, 9.17) is 0 Å². The summed E-state index contributed by atoms with van der Waals surface area (Å²) in [5, 5.41) is 0. The first-order valence-electron chi connectivity index (χ1n) is 4.34. The topological polar surface area (TPSA) is 33.2 Å². The van der Waals surface area contributed by atoms with E-state index in [1.54, 1.807) is 4.90 Å². The fraction of sp³-hybridized carbons (Fsp3) is 0.333. The van der Waals surface area contributed by atoms with Crippen LogP contribution < -0.4 is 4.90 Å². The second-order valence-corrected chi connectivity index (χ2v) is 6.15. The number of hydrogen-bond acceptors (Lipinski definition) is 2. The molecular formula is C9H7Br3N2O. The van der Waals surface area contributed by atoms with Crippen molar-refractivity contribution in [2.24, 2.45) is 0 Å². The highest BCUT2D eigenvalue weighted by Crippen LogP contribution is 2.28. The predicted octanol–water partition coefficient (Wildman–Crippen LogP) is 3.11. The normalized spacial score (nSPS) is 21.1. The molecule has 0 bridgehead atoms. The van der Waals surface area contributed by atoms with Gasteiger partial charge in [-0.15, -0.1) is 0 Å². The van der Waals surface area contributed by atoms with Crippen LogP contribution in [0.3, 0.4) is 0 Å². The highest BCUT2D eigenvalue weighted by atomic mass is 79.9. The number of hydrogen-bond donors (Lipinski definition) is 0. The van der Waals surface area contributed by atoms with Crippen LogP contribution in [0.4, 0.5) is 5.82 Å². The van der Waals surface area contributed by atoms with Crippen molar-refractivity contribution >= 4 is 59.5 Å². The summed E-state index contributed by atoms with van der Waals surface area (Å²) >= 11 is 10.1. The third kappa shape index (κ3) is 2.42. The van der Waals surface area contributed by atoms with Crippen molar-refractivity contribution in [2.75, 3.05) is 11.4 Å². The number of anilines is 1. The zero-order chi connectivity index (χ0) is 11.0. The number of carbonyl (C=O) groups is 1. The lowest BCUT2D eigenvalue weighted by molar-refractivity contribution is -0.117. The Labute approximate surface area is 113 Å². The Balaban J connectivity index is 2.30. The number of alkyl halides is 1. The fourth-order valence-corrected chi connectivity index (χ4v) is 2.54. The molecule has 0 aliphatic carbocycles. The molecule has 1 atom stereocenters. The molecule has 0 spiro atoms. The molecule has 0 aromatic carbocycles. The lowest BCUT2D eigenvalue weighted by Gasteiger charge is -2.14. The minimum atomic E-state index is 0.110. The molecule has 1 aliphatic heterocycles. The summed E-state index contributed by atoms with van der Waals surface area (Å²) in [6.45, 7) is 0.680. The van der Waals surface area contributed by atoms with Crippen molar-refractivity contribution in [1.82, 2.24) is 4.98 Å². The molecule has 0 N–H and O–H groups in total. The number of nitrogens with zero attached hydrogens (tertiary/aromatic N) is 2. The van der Waals surface area contributed by atoms with Crippen LogP contribution in [0.1, 0.15) is 6.42 Å². The van der Waals surface area contributed by atoms with Gasteiger partial charge in [-0.1, -0.05) is 15.9 Å². The van der Waals surface area contributed by atoms with Gasteiger partial charge in [-0.25, -0.2) is 4.98 Å². The average Bonchev–Trinajstić information content (AvgIpc) is 2.50. The van der Waals surface area contributed by atoms with E-state index in [-0.39, 0.29) is 10.7 Å². The Hall–Kier alpha value is 0.0600. The minimum Gasteiger partial charge on any atom is -0.296 e. The second kappa shape index (κ2) is 4.51. The average molecular weight is 399 g/mol. The molecule has 1 unspecified atom stereocenters. The summed E-state index contributed by atoms with van der Waals surface area (Å²) in [4.78, 5) is 17.8. The van der Waals surface area contributed by atoms with E-state index < -0.39 is 0 Å². The van der Waals surface area contributed by atoms with Gasteiger partial charge in [0, 0.05) is 17.8 Å². The second-order valence-electron chi connectivity index (χ2n) is 3.25. The van der Waals surface area contributed by atoms with E-state index in [0.29, 0.717) is 23.4 Å². The summed E-state index contributed by atoms with van der Waals surface area (Å²) in [7, 11) is 0. The summed E-state index contributed by atoms with van der Waals surface area (Å²) in [5.41, 5.74) is 0. The summed E-state index contributed by atoms with van der Waals surface area (Å²) in [6, 6.07) is 3.71. The van der Waals surface area contributed by atoms with Gasteiger partial charge in [-0.2, -0.15) is 0 Å². The molecule has 0 saturated carbocycles. The molecule has 1 aromatic rings. The van der Waals surface area contributed by atoms with Crippen LogP contribution in [0.2, 0.25) is 0 Å². The smallest absolute Gasteiger partial charge is 0.229 e.